The molecule has 67 heavy (non-hydrogen) atoms. The molecule has 2 atom stereocenters. The van der Waals surface area contributed by atoms with Gasteiger partial charge in [-0.2, -0.15) is 0 Å². The summed E-state index contributed by atoms with van der Waals surface area (Å²) in [6.45, 7) is 4.85. The predicted molar refractivity (Wildman–Crippen MR) is 292 cm³/mol. The minimum absolute atomic E-state index is 0.0253. The van der Waals surface area contributed by atoms with Crippen molar-refractivity contribution in [3.05, 3.63) is 48.6 Å². The number of ether oxygens (including phenoxy) is 1. The summed E-state index contributed by atoms with van der Waals surface area (Å²) in [6.07, 6.45) is 71.3. The Bertz CT molecular complexity index is 1130. The summed E-state index contributed by atoms with van der Waals surface area (Å²) < 4.78 is 5.44. The Morgan fingerprint density at radius 1 is 0.418 bits per heavy atom. The fraction of sp³-hybridized carbons (Fsp3) is 0.836. The lowest BCUT2D eigenvalue weighted by atomic mass is 10.0. The average molecular weight is 941 g/mol. The summed E-state index contributed by atoms with van der Waals surface area (Å²) in [5.74, 6) is -0.109. The van der Waals surface area contributed by atoms with Crippen molar-refractivity contribution in [1.29, 1.82) is 0 Å². The van der Waals surface area contributed by atoms with Crippen molar-refractivity contribution in [2.24, 2.45) is 0 Å². The van der Waals surface area contributed by atoms with E-state index in [9.17, 15) is 19.8 Å². The second kappa shape index (κ2) is 56.4. The number of aliphatic hydroxyl groups is 2. The van der Waals surface area contributed by atoms with Gasteiger partial charge in [-0.15, -0.1) is 0 Å². The second-order valence-corrected chi connectivity index (χ2v) is 20.0. The first kappa shape index (κ1) is 64.8. The van der Waals surface area contributed by atoms with E-state index < -0.39 is 12.1 Å². The highest BCUT2D eigenvalue weighted by atomic mass is 16.5. The van der Waals surface area contributed by atoms with Gasteiger partial charge < -0.3 is 20.3 Å². The molecule has 2 unspecified atom stereocenters. The van der Waals surface area contributed by atoms with Crippen molar-refractivity contribution in [3.63, 3.8) is 0 Å². The van der Waals surface area contributed by atoms with Crippen LogP contribution in [0.3, 0.4) is 0 Å². The lowest BCUT2D eigenvalue weighted by Gasteiger charge is -2.20. The van der Waals surface area contributed by atoms with Gasteiger partial charge in [0.05, 0.1) is 25.4 Å². The molecule has 0 saturated carbocycles. The maximum atomic E-state index is 12.5. The lowest BCUT2D eigenvalue weighted by Crippen LogP contribution is -2.45. The van der Waals surface area contributed by atoms with Gasteiger partial charge in [0, 0.05) is 12.8 Å². The molecule has 1 amide bonds. The molecule has 0 aromatic rings. The van der Waals surface area contributed by atoms with Crippen LogP contribution in [0.4, 0.5) is 0 Å². The van der Waals surface area contributed by atoms with Gasteiger partial charge in [0.25, 0.3) is 0 Å². The summed E-state index contributed by atoms with van der Waals surface area (Å²) in [5.41, 5.74) is 0. The molecule has 0 aromatic heterocycles. The van der Waals surface area contributed by atoms with E-state index in [2.05, 4.69) is 55.6 Å². The minimum Gasteiger partial charge on any atom is -0.466 e. The zero-order valence-electron chi connectivity index (χ0n) is 44.6. The van der Waals surface area contributed by atoms with Gasteiger partial charge in [0.2, 0.25) is 5.91 Å². The van der Waals surface area contributed by atoms with Crippen molar-refractivity contribution < 1.29 is 24.5 Å². The first-order valence-corrected chi connectivity index (χ1v) is 29.4. The quantitative estimate of drug-likeness (QED) is 0.0321. The van der Waals surface area contributed by atoms with Crippen LogP contribution in [-0.4, -0.2) is 47.4 Å². The highest BCUT2D eigenvalue weighted by molar-refractivity contribution is 5.76. The van der Waals surface area contributed by atoms with Crippen LogP contribution in [0.5, 0.6) is 0 Å². The maximum absolute atomic E-state index is 12.5. The summed E-state index contributed by atoms with van der Waals surface area (Å²) >= 11 is 0. The zero-order chi connectivity index (χ0) is 48.6. The van der Waals surface area contributed by atoms with E-state index >= 15 is 0 Å². The third-order valence-corrected chi connectivity index (χ3v) is 13.3. The molecule has 0 aliphatic heterocycles. The second-order valence-electron chi connectivity index (χ2n) is 20.0. The topological polar surface area (TPSA) is 95.9 Å². The van der Waals surface area contributed by atoms with Crippen LogP contribution in [0.25, 0.3) is 0 Å². The molecule has 0 heterocycles. The Morgan fingerprint density at radius 2 is 0.746 bits per heavy atom. The third-order valence-electron chi connectivity index (χ3n) is 13.3. The molecule has 392 valence electrons. The molecule has 0 bridgehead atoms. The van der Waals surface area contributed by atoms with Crippen LogP contribution in [-0.2, 0) is 14.3 Å². The molecule has 0 radical (unpaired) electrons. The molecule has 0 aliphatic carbocycles. The van der Waals surface area contributed by atoms with Crippen LogP contribution in [0.2, 0.25) is 0 Å². The van der Waals surface area contributed by atoms with Crippen LogP contribution < -0.4 is 5.32 Å². The number of allylic oxidation sites excluding steroid dienone is 7. The van der Waals surface area contributed by atoms with Gasteiger partial charge in [-0.25, -0.2) is 0 Å². The summed E-state index contributed by atoms with van der Waals surface area (Å²) in [6, 6.07) is -0.642. The Balaban J connectivity index is 3.54. The van der Waals surface area contributed by atoms with Crippen molar-refractivity contribution in [3.8, 4) is 0 Å². The van der Waals surface area contributed by atoms with E-state index in [1.165, 1.54) is 193 Å². The van der Waals surface area contributed by atoms with Crippen LogP contribution in [0, 0.1) is 0 Å². The summed E-state index contributed by atoms with van der Waals surface area (Å²) in [4.78, 5) is 24.5. The molecular formula is C61H113NO5. The number of aliphatic hydroxyl groups excluding tert-OH is 2. The molecule has 0 aromatic carbocycles. The maximum Gasteiger partial charge on any atom is 0.305 e. The standard InChI is InChI=1S/C61H113NO5/c1-3-5-7-9-11-13-15-17-19-20-21-23-26-29-33-37-41-45-49-53-59(64)58(57-63)62-60(65)54-50-46-42-38-34-30-27-24-22-25-28-32-36-40-44-48-52-56-67-61(66)55-51-47-43-39-35-31-18-16-14-12-10-8-6-4-2/h16,18,22,25,32,36,49,53,58-59,63-64H,3-15,17,19-21,23-24,26-31,33-35,37-48,50-52,54-57H2,1-2H3,(H,62,65)/b18-16-,25-22-,36-32-,53-49+. The number of unbranched alkanes of at least 4 members (excludes halogenated alkanes) is 37. The smallest absolute Gasteiger partial charge is 0.305 e. The first-order chi connectivity index (χ1) is 33.0. The van der Waals surface area contributed by atoms with E-state index in [4.69, 9.17) is 4.74 Å². The number of nitrogens with one attached hydrogen (secondary N) is 1. The number of carbonyl (C=O) groups excluding carboxylic acids is 2. The van der Waals surface area contributed by atoms with Gasteiger partial charge >= 0.3 is 5.97 Å². The normalized spacial score (nSPS) is 13.0. The molecule has 3 N–H and O–H groups in total. The van der Waals surface area contributed by atoms with Crippen molar-refractivity contribution in [1.82, 2.24) is 5.32 Å². The monoisotopic (exact) mass is 940 g/mol. The van der Waals surface area contributed by atoms with Crippen molar-refractivity contribution in [2.75, 3.05) is 13.2 Å². The van der Waals surface area contributed by atoms with Gasteiger partial charge in [-0.05, 0) is 96.3 Å². The van der Waals surface area contributed by atoms with Gasteiger partial charge in [0.1, 0.15) is 0 Å². The molecule has 0 rings (SSSR count). The Morgan fingerprint density at radius 3 is 1.15 bits per heavy atom. The fourth-order valence-corrected chi connectivity index (χ4v) is 8.78. The van der Waals surface area contributed by atoms with E-state index in [1.54, 1.807) is 6.08 Å². The van der Waals surface area contributed by atoms with Gasteiger partial charge in [-0.1, -0.05) is 242 Å². The predicted octanol–water partition coefficient (Wildman–Crippen LogP) is 18.2. The molecule has 6 heteroatoms. The SMILES string of the molecule is CCCCCCC/C=C\CCCCCCCC(=O)OCCCCC/C=C\C/C=C\CCCCCCCCCC(=O)NC(CO)C(O)/C=C/CCCCCCCCCCCCCCCCCCC. The molecule has 6 nitrogen and oxygen atoms in total. The highest BCUT2D eigenvalue weighted by Crippen LogP contribution is 2.16. The number of carbonyl (C=O) groups is 2. The van der Waals surface area contributed by atoms with Crippen molar-refractivity contribution in [2.45, 2.75) is 315 Å². The van der Waals surface area contributed by atoms with Crippen molar-refractivity contribution >= 4 is 11.9 Å². The van der Waals surface area contributed by atoms with E-state index in [0.29, 0.717) is 19.4 Å². The number of hydrogen-bond donors (Lipinski definition) is 3. The fourth-order valence-electron chi connectivity index (χ4n) is 8.78. The van der Waals surface area contributed by atoms with Crippen LogP contribution >= 0.6 is 0 Å². The Kier molecular flexibility index (Phi) is 54.6. The largest absolute Gasteiger partial charge is 0.466 e. The molecule has 0 aliphatic rings. The summed E-state index contributed by atoms with van der Waals surface area (Å²) in [7, 11) is 0. The van der Waals surface area contributed by atoms with Crippen LogP contribution in [0.15, 0.2) is 48.6 Å². The first-order valence-electron chi connectivity index (χ1n) is 29.4. The number of hydrogen-bond acceptors (Lipinski definition) is 5. The molecule has 0 spiro atoms. The zero-order valence-corrected chi connectivity index (χ0v) is 44.6. The van der Waals surface area contributed by atoms with Crippen LogP contribution in [0.1, 0.15) is 303 Å². The third kappa shape index (κ3) is 53.0. The summed E-state index contributed by atoms with van der Waals surface area (Å²) in [5, 5.41) is 23.1. The number of esters is 1. The number of amides is 1. The van der Waals surface area contributed by atoms with Gasteiger partial charge in [0.15, 0.2) is 0 Å². The lowest BCUT2D eigenvalue weighted by molar-refractivity contribution is -0.143. The van der Waals surface area contributed by atoms with E-state index in [-0.39, 0.29) is 18.5 Å². The van der Waals surface area contributed by atoms with E-state index in [0.717, 1.165) is 83.5 Å². The average Bonchev–Trinajstić information content (AvgIpc) is 3.33. The minimum atomic E-state index is -0.857. The Hall–Kier alpha value is -2.18. The molecule has 0 fully saturated rings. The van der Waals surface area contributed by atoms with Gasteiger partial charge in [-0.3, -0.25) is 9.59 Å². The number of rotatable bonds is 54. The molecule has 0 saturated heterocycles. The molecular weight excluding hydrogens is 827 g/mol. The Labute approximate surface area is 416 Å². The van der Waals surface area contributed by atoms with E-state index in [1.807, 2.05) is 6.08 Å². The highest BCUT2D eigenvalue weighted by Gasteiger charge is 2.18.